The number of hydrogen-bond acceptors (Lipinski definition) is 9. The molecule has 2 aromatic heterocycles. The van der Waals surface area contributed by atoms with Gasteiger partial charge in [0.15, 0.2) is 14.6 Å². The predicted octanol–water partition coefficient (Wildman–Crippen LogP) is 1.57. The summed E-state index contributed by atoms with van der Waals surface area (Å²) in [4.78, 5) is 29.4. The number of carbonyl (C=O) groups excluding carboxylic acids is 2. The summed E-state index contributed by atoms with van der Waals surface area (Å²) >= 11 is 2.05. The molecule has 0 bridgehead atoms. The van der Waals surface area contributed by atoms with Gasteiger partial charge in [0.2, 0.25) is 0 Å². The molecule has 28 heavy (non-hydrogen) atoms. The molecule has 0 atom stereocenters. The molecule has 0 aliphatic heterocycles. The van der Waals surface area contributed by atoms with Crippen LogP contribution in [0.3, 0.4) is 0 Å². The number of fused-ring (bicyclic) bond motifs is 1. The molecule has 3 aromatic rings. The quantitative estimate of drug-likeness (QED) is 0.552. The number of sulfone groups is 1. The van der Waals surface area contributed by atoms with Gasteiger partial charge in [0, 0.05) is 6.26 Å². The highest BCUT2D eigenvalue weighted by molar-refractivity contribution is 7.90. The summed E-state index contributed by atoms with van der Waals surface area (Å²) in [6.07, 6.45) is 1.11. The van der Waals surface area contributed by atoms with E-state index in [4.69, 9.17) is 4.74 Å². The minimum absolute atomic E-state index is 0.143. The van der Waals surface area contributed by atoms with Gasteiger partial charge in [-0.05, 0) is 43.6 Å². The molecule has 3 rings (SSSR count). The van der Waals surface area contributed by atoms with Gasteiger partial charge >= 0.3 is 5.97 Å². The van der Waals surface area contributed by atoms with Gasteiger partial charge in [-0.1, -0.05) is 15.8 Å². The Morgan fingerprint density at radius 2 is 2.07 bits per heavy atom. The van der Waals surface area contributed by atoms with Crippen molar-refractivity contribution in [1.29, 1.82) is 0 Å². The van der Waals surface area contributed by atoms with E-state index in [1.54, 1.807) is 19.9 Å². The van der Waals surface area contributed by atoms with Gasteiger partial charge in [0.25, 0.3) is 5.91 Å². The summed E-state index contributed by atoms with van der Waals surface area (Å²) in [6, 6.07) is 4.54. The molecule has 9 nitrogen and oxygen atoms in total. The summed E-state index contributed by atoms with van der Waals surface area (Å²) in [5, 5.41) is 3.80. The summed E-state index contributed by atoms with van der Waals surface area (Å²) in [5.41, 5.74) is 1.05. The predicted molar refractivity (Wildman–Crippen MR) is 104 cm³/mol. The second kappa shape index (κ2) is 7.89. The van der Waals surface area contributed by atoms with E-state index in [1.807, 2.05) is 0 Å². The monoisotopic (exact) mass is 440 g/mol. The van der Waals surface area contributed by atoms with Crippen molar-refractivity contribution < 1.29 is 22.7 Å². The normalized spacial score (nSPS) is 12.5. The van der Waals surface area contributed by atoms with Crippen LogP contribution in [0.1, 0.15) is 22.3 Å². The Morgan fingerprint density at radius 3 is 2.68 bits per heavy atom. The molecule has 0 saturated heterocycles. The summed E-state index contributed by atoms with van der Waals surface area (Å²) in [6.45, 7) is 3.41. The van der Waals surface area contributed by atoms with Crippen LogP contribution in [-0.4, -0.2) is 47.3 Å². The van der Waals surface area contributed by atoms with Crippen LogP contribution >= 0.6 is 22.9 Å². The van der Waals surface area contributed by atoms with Crippen LogP contribution in [-0.2, 0) is 25.9 Å². The van der Waals surface area contributed by atoms with Gasteiger partial charge in [-0.3, -0.25) is 9.59 Å². The highest BCUT2D eigenvalue weighted by atomic mass is 32.2. The molecule has 148 valence electrons. The third-order valence-electron chi connectivity index (χ3n) is 3.72. The van der Waals surface area contributed by atoms with Crippen molar-refractivity contribution in [3.8, 4) is 0 Å². The average Bonchev–Trinajstić information content (AvgIpc) is 3.18. The van der Waals surface area contributed by atoms with Crippen molar-refractivity contribution in [1.82, 2.24) is 14.2 Å². The summed E-state index contributed by atoms with van der Waals surface area (Å²) in [7, 11) is -3.40. The first-order valence-corrected chi connectivity index (χ1v) is 11.6. The Labute approximate surface area is 168 Å². The molecular weight excluding hydrogens is 424 g/mol. The van der Waals surface area contributed by atoms with Gasteiger partial charge in [-0.15, -0.1) is 5.10 Å². The molecule has 12 heteroatoms. The first-order chi connectivity index (χ1) is 13.2. The average molecular weight is 441 g/mol. The maximum atomic E-state index is 12.5. The lowest BCUT2D eigenvalue weighted by atomic mass is 10.3. The lowest BCUT2D eigenvalue weighted by Gasteiger charge is -2.05. The van der Waals surface area contributed by atoms with Crippen LogP contribution in [0.25, 0.3) is 10.2 Å². The molecule has 0 N–H and O–H groups in total. The van der Waals surface area contributed by atoms with Crippen LogP contribution in [0.4, 0.5) is 0 Å². The molecule has 0 fully saturated rings. The van der Waals surface area contributed by atoms with Crippen molar-refractivity contribution in [3.05, 3.63) is 33.6 Å². The van der Waals surface area contributed by atoms with Crippen molar-refractivity contribution in [2.45, 2.75) is 25.3 Å². The summed E-state index contributed by atoms with van der Waals surface area (Å²) in [5.74, 6) is -1.01. The van der Waals surface area contributed by atoms with Gasteiger partial charge in [0.05, 0.1) is 27.4 Å². The highest BCUT2D eigenvalue weighted by Gasteiger charge is 2.17. The maximum Gasteiger partial charge on any atom is 0.326 e. The third kappa shape index (κ3) is 4.18. The fraction of sp³-hybridized carbons (Fsp3) is 0.312. The number of esters is 1. The zero-order valence-electron chi connectivity index (χ0n) is 15.2. The van der Waals surface area contributed by atoms with E-state index in [0.29, 0.717) is 20.8 Å². The molecule has 0 radical (unpaired) electrons. The van der Waals surface area contributed by atoms with Crippen molar-refractivity contribution >= 4 is 54.8 Å². The molecule has 2 heterocycles. The third-order valence-corrected chi connectivity index (χ3v) is 6.69. The first kappa shape index (κ1) is 20.3. The number of benzene rings is 1. The van der Waals surface area contributed by atoms with E-state index in [0.717, 1.165) is 29.1 Å². The molecule has 0 spiro atoms. The van der Waals surface area contributed by atoms with Crippen molar-refractivity contribution in [3.63, 3.8) is 0 Å². The number of ether oxygens (including phenoxy) is 1. The Morgan fingerprint density at radius 1 is 1.32 bits per heavy atom. The van der Waals surface area contributed by atoms with E-state index in [2.05, 4.69) is 14.6 Å². The lowest BCUT2D eigenvalue weighted by Crippen LogP contribution is -2.23. The zero-order valence-corrected chi connectivity index (χ0v) is 17.7. The molecule has 0 unspecified atom stereocenters. The number of thiazole rings is 1. The van der Waals surface area contributed by atoms with E-state index < -0.39 is 21.7 Å². The second-order valence-corrected chi connectivity index (χ2v) is 9.56. The number of aromatic nitrogens is 3. The van der Waals surface area contributed by atoms with Gasteiger partial charge < -0.3 is 9.30 Å². The van der Waals surface area contributed by atoms with Crippen LogP contribution < -0.4 is 4.80 Å². The molecule has 0 aliphatic carbocycles. The van der Waals surface area contributed by atoms with E-state index in [1.165, 1.54) is 16.7 Å². The number of aryl methyl sites for hydroxylation is 1. The van der Waals surface area contributed by atoms with Crippen LogP contribution in [0.2, 0.25) is 0 Å². The Bertz CT molecular complexity index is 1240. The largest absolute Gasteiger partial charge is 0.465 e. The number of hydrogen-bond donors (Lipinski definition) is 0. The van der Waals surface area contributed by atoms with Crippen molar-refractivity contribution in [2.24, 2.45) is 4.99 Å². The van der Waals surface area contributed by atoms with Crippen LogP contribution in [0.5, 0.6) is 0 Å². The van der Waals surface area contributed by atoms with Crippen molar-refractivity contribution in [2.75, 3.05) is 12.9 Å². The SMILES string of the molecule is CCOC(=O)Cn1c(=NC(=O)c2snnc2C)sc2cc(S(C)(=O)=O)ccc21. The standard InChI is InChI=1S/C16H16N4O5S3/c1-4-25-13(21)8-20-11-6-5-10(28(3,23)24)7-12(11)26-16(20)17-15(22)14-9(2)18-19-27-14/h5-7H,4,8H2,1-3H3. The Hall–Kier alpha value is -2.44. The molecule has 1 amide bonds. The second-order valence-electron chi connectivity index (χ2n) is 5.78. The fourth-order valence-electron chi connectivity index (χ4n) is 2.42. The molecule has 0 saturated carbocycles. The minimum Gasteiger partial charge on any atom is -0.465 e. The lowest BCUT2D eigenvalue weighted by molar-refractivity contribution is -0.143. The first-order valence-electron chi connectivity index (χ1n) is 8.07. The van der Waals surface area contributed by atoms with E-state index in [-0.39, 0.29) is 22.8 Å². The number of carbonyl (C=O) groups is 2. The minimum atomic E-state index is -3.40. The van der Waals surface area contributed by atoms with E-state index >= 15 is 0 Å². The topological polar surface area (TPSA) is 121 Å². The number of nitrogens with zero attached hydrogens (tertiary/aromatic N) is 4. The van der Waals surface area contributed by atoms with Gasteiger partial charge in [-0.2, -0.15) is 4.99 Å². The fourth-order valence-corrected chi connectivity index (χ4v) is 4.75. The Kier molecular flexibility index (Phi) is 5.72. The van der Waals surface area contributed by atoms with Gasteiger partial charge in [-0.25, -0.2) is 8.42 Å². The molecular formula is C16H16N4O5S3. The van der Waals surface area contributed by atoms with Crippen LogP contribution in [0.15, 0.2) is 28.1 Å². The smallest absolute Gasteiger partial charge is 0.326 e. The summed E-state index contributed by atoms with van der Waals surface area (Å²) < 4.78 is 34.5. The highest BCUT2D eigenvalue weighted by Crippen LogP contribution is 2.22. The van der Waals surface area contributed by atoms with Gasteiger partial charge in [0.1, 0.15) is 11.4 Å². The van der Waals surface area contributed by atoms with Crippen LogP contribution in [0, 0.1) is 6.92 Å². The number of rotatable bonds is 5. The molecule has 0 aliphatic rings. The molecule has 1 aromatic carbocycles. The maximum absolute atomic E-state index is 12.5. The zero-order chi connectivity index (χ0) is 20.5. The number of amides is 1. The van der Waals surface area contributed by atoms with E-state index in [9.17, 15) is 18.0 Å². The Balaban J connectivity index is 2.18.